The highest BCUT2D eigenvalue weighted by atomic mass is 28.4. The highest BCUT2D eigenvalue weighted by Crippen LogP contribution is 2.18. The van der Waals surface area contributed by atoms with Gasteiger partial charge in [-0.25, -0.2) is 0 Å². The van der Waals surface area contributed by atoms with Gasteiger partial charge in [-0.1, -0.05) is 0 Å². The van der Waals surface area contributed by atoms with Crippen molar-refractivity contribution in [2.45, 2.75) is 72.2 Å². The van der Waals surface area contributed by atoms with Gasteiger partial charge in [-0.3, -0.25) is 0 Å². The van der Waals surface area contributed by atoms with E-state index in [4.69, 9.17) is 37.3 Å². The highest BCUT2D eigenvalue weighted by molar-refractivity contribution is 6.66. The second-order valence-corrected chi connectivity index (χ2v) is 13.1. The van der Waals surface area contributed by atoms with Gasteiger partial charge in [0.2, 0.25) is 0 Å². The van der Waals surface area contributed by atoms with Crippen LogP contribution >= 0.6 is 0 Å². The molecule has 1 aliphatic heterocycles. The van der Waals surface area contributed by atoms with Crippen molar-refractivity contribution in [1.29, 1.82) is 0 Å². The summed E-state index contributed by atoms with van der Waals surface area (Å²) in [7, 11) is -4.32. The van der Waals surface area contributed by atoms with Gasteiger partial charge in [0.1, 0.15) is 6.10 Å². The molecule has 0 aromatic carbocycles. The maximum atomic E-state index is 5.75. The van der Waals surface area contributed by atoms with E-state index >= 15 is 0 Å². The van der Waals surface area contributed by atoms with Gasteiger partial charge in [0.15, 0.2) is 0 Å². The van der Waals surface area contributed by atoms with Gasteiger partial charge < -0.3 is 37.3 Å². The summed E-state index contributed by atoms with van der Waals surface area (Å²) >= 11 is 0. The standard InChI is InChI=1S/C11H24O4Si.C9H23NO3Si/c1-4-14-16(3,15-5-2)8-6-7-12-9-11-10-13-11;1-4-11-14(12-5-2,13-6-3)9-7-8-10/h11H,4-10H2,1-3H3;4-10H2,1-3H3. The maximum absolute atomic E-state index is 5.75. The van der Waals surface area contributed by atoms with Gasteiger partial charge in [-0.2, -0.15) is 0 Å². The molecule has 0 radical (unpaired) electrons. The Hall–Kier alpha value is 0.114. The minimum atomic E-state index is -2.40. The van der Waals surface area contributed by atoms with E-state index in [0.717, 1.165) is 58.0 Å². The molecule has 0 saturated carbocycles. The van der Waals surface area contributed by atoms with Gasteiger partial charge in [0.05, 0.1) is 13.2 Å². The van der Waals surface area contributed by atoms with Gasteiger partial charge in [-0.15, -0.1) is 0 Å². The number of hydrogen-bond acceptors (Lipinski definition) is 8. The summed E-state index contributed by atoms with van der Waals surface area (Å²) in [5.74, 6) is 0. The number of epoxide rings is 1. The predicted octanol–water partition coefficient (Wildman–Crippen LogP) is 3.32. The molecule has 0 amide bonds. The van der Waals surface area contributed by atoms with Crippen LogP contribution in [-0.2, 0) is 31.6 Å². The Balaban J connectivity index is 0.000000567. The molecule has 0 aliphatic carbocycles. The number of nitrogens with two attached hydrogens (primary N) is 1. The summed E-state index contributed by atoms with van der Waals surface area (Å²) in [5.41, 5.74) is 5.48. The molecule has 0 aromatic rings. The largest absolute Gasteiger partial charge is 0.500 e. The minimum absolute atomic E-state index is 0.363. The van der Waals surface area contributed by atoms with Crippen molar-refractivity contribution in [2.24, 2.45) is 5.73 Å². The van der Waals surface area contributed by atoms with Gasteiger partial charge in [-0.05, 0) is 66.6 Å². The summed E-state index contributed by atoms with van der Waals surface area (Å²) < 4.78 is 39.0. The normalized spacial score (nSPS) is 16.3. The zero-order valence-electron chi connectivity index (χ0n) is 20.2. The van der Waals surface area contributed by atoms with Crippen molar-refractivity contribution in [2.75, 3.05) is 59.4 Å². The molecule has 1 fully saturated rings. The zero-order valence-corrected chi connectivity index (χ0v) is 22.2. The van der Waals surface area contributed by atoms with Crippen molar-refractivity contribution in [3.05, 3.63) is 0 Å². The molecule has 30 heavy (non-hydrogen) atoms. The first-order valence-corrected chi connectivity index (χ1v) is 16.0. The predicted molar refractivity (Wildman–Crippen MR) is 124 cm³/mol. The minimum Gasteiger partial charge on any atom is -0.395 e. The number of ether oxygens (including phenoxy) is 2. The summed E-state index contributed by atoms with van der Waals surface area (Å²) in [5, 5.41) is 0. The monoisotopic (exact) mass is 469 g/mol. The van der Waals surface area contributed by atoms with Crippen molar-refractivity contribution in [3.63, 3.8) is 0 Å². The van der Waals surface area contributed by atoms with Crippen LogP contribution in [0, 0.1) is 0 Å². The van der Waals surface area contributed by atoms with Crippen LogP contribution in [0.2, 0.25) is 18.6 Å². The molecule has 1 unspecified atom stereocenters. The molecule has 1 atom stereocenters. The van der Waals surface area contributed by atoms with Crippen LogP contribution < -0.4 is 5.73 Å². The molecule has 182 valence electrons. The smallest absolute Gasteiger partial charge is 0.395 e. The van der Waals surface area contributed by atoms with Crippen molar-refractivity contribution in [1.82, 2.24) is 0 Å². The fraction of sp³-hybridized carbons (Fsp3) is 1.00. The Morgan fingerprint density at radius 1 is 0.800 bits per heavy atom. The van der Waals surface area contributed by atoms with E-state index in [1.165, 1.54) is 0 Å². The molecule has 1 aliphatic rings. The van der Waals surface area contributed by atoms with Crippen LogP contribution in [0.25, 0.3) is 0 Å². The van der Waals surface area contributed by atoms with Gasteiger partial charge in [0, 0.05) is 45.7 Å². The number of hydrogen-bond donors (Lipinski definition) is 1. The zero-order chi connectivity index (χ0) is 22.7. The van der Waals surface area contributed by atoms with Crippen molar-refractivity contribution >= 4 is 17.4 Å². The molecule has 2 N–H and O–H groups in total. The molecule has 0 spiro atoms. The van der Waals surface area contributed by atoms with Crippen LogP contribution in [0.3, 0.4) is 0 Å². The molecular weight excluding hydrogens is 422 g/mol. The lowest BCUT2D eigenvalue weighted by Crippen LogP contribution is -2.46. The second kappa shape index (κ2) is 18.7. The molecule has 10 heteroatoms. The third-order valence-electron chi connectivity index (χ3n) is 4.30. The number of rotatable bonds is 19. The first-order valence-electron chi connectivity index (χ1n) is 11.5. The third-order valence-corrected chi connectivity index (χ3v) is 10.5. The van der Waals surface area contributed by atoms with Crippen LogP contribution in [0.1, 0.15) is 47.5 Å². The van der Waals surface area contributed by atoms with Crippen LogP contribution in [0.5, 0.6) is 0 Å². The van der Waals surface area contributed by atoms with E-state index in [0.29, 0.717) is 32.5 Å². The van der Waals surface area contributed by atoms with E-state index in [-0.39, 0.29) is 0 Å². The maximum Gasteiger partial charge on any atom is 0.500 e. The van der Waals surface area contributed by atoms with Crippen LogP contribution in [0.15, 0.2) is 0 Å². The topological polar surface area (TPSA) is 93.9 Å². The third kappa shape index (κ3) is 15.0. The van der Waals surface area contributed by atoms with E-state index in [9.17, 15) is 0 Å². The summed E-state index contributed by atoms with van der Waals surface area (Å²) in [6, 6.07) is 1.82. The quantitative estimate of drug-likeness (QED) is 0.175. The molecule has 8 nitrogen and oxygen atoms in total. The molecule has 0 bridgehead atoms. The lowest BCUT2D eigenvalue weighted by atomic mass is 10.5. The second-order valence-electron chi connectivity index (χ2n) is 7.01. The van der Waals surface area contributed by atoms with Crippen molar-refractivity contribution < 1.29 is 31.6 Å². The fourth-order valence-electron chi connectivity index (χ4n) is 2.99. The molecule has 0 aromatic heterocycles. The van der Waals surface area contributed by atoms with Crippen LogP contribution in [-0.4, -0.2) is 82.9 Å². The highest BCUT2D eigenvalue weighted by Gasteiger charge is 2.39. The molecular formula is C20H47NO7Si2. The Labute approximate surface area is 186 Å². The molecule has 1 heterocycles. The van der Waals surface area contributed by atoms with Crippen molar-refractivity contribution in [3.8, 4) is 0 Å². The first-order chi connectivity index (χ1) is 14.4. The fourth-order valence-corrected chi connectivity index (χ4v) is 8.01. The molecule has 1 saturated heterocycles. The summed E-state index contributed by atoms with van der Waals surface area (Å²) in [6.45, 7) is 18.5. The lowest BCUT2D eigenvalue weighted by molar-refractivity contribution is 0.0710. The average molecular weight is 470 g/mol. The van der Waals surface area contributed by atoms with Crippen LogP contribution in [0.4, 0.5) is 0 Å². The van der Waals surface area contributed by atoms with Gasteiger partial charge >= 0.3 is 17.4 Å². The average Bonchev–Trinajstić information content (AvgIpc) is 3.52. The van der Waals surface area contributed by atoms with E-state index < -0.39 is 17.4 Å². The van der Waals surface area contributed by atoms with Gasteiger partial charge in [0.25, 0.3) is 0 Å². The van der Waals surface area contributed by atoms with E-state index in [1.807, 2.05) is 34.6 Å². The Morgan fingerprint density at radius 3 is 1.70 bits per heavy atom. The SMILES string of the molecule is CCO[Si](C)(CCCOCC1CO1)OCC.CCO[Si](CCCN)(OCC)OCC. The summed E-state index contributed by atoms with van der Waals surface area (Å²) in [4.78, 5) is 0. The van der Waals surface area contributed by atoms with E-state index in [1.54, 1.807) is 0 Å². The molecule has 1 rings (SSSR count). The Bertz CT molecular complexity index is 367. The first kappa shape index (κ1) is 30.1. The van der Waals surface area contributed by atoms with E-state index in [2.05, 4.69) is 6.55 Å². The Morgan fingerprint density at radius 2 is 1.30 bits per heavy atom. The Kier molecular flexibility index (Phi) is 18.7. The lowest BCUT2D eigenvalue weighted by Gasteiger charge is -2.28. The summed E-state index contributed by atoms with van der Waals surface area (Å²) in [6.07, 6.45) is 2.27.